The molecule has 0 aromatic heterocycles. The number of allylic oxidation sites excluding steroid dienone is 9. The molecule has 0 fully saturated rings. The van der Waals surface area contributed by atoms with Crippen LogP contribution in [0.4, 0.5) is 0 Å². The van der Waals surface area contributed by atoms with E-state index in [4.69, 9.17) is 4.74 Å². The monoisotopic (exact) mass is 328 g/mol. The van der Waals surface area contributed by atoms with Crippen LogP contribution in [0.15, 0.2) is 58.7 Å². The summed E-state index contributed by atoms with van der Waals surface area (Å²) in [5.41, 5.74) is 5.33. The van der Waals surface area contributed by atoms with Crippen LogP contribution < -0.4 is 0 Å². The molecule has 0 bridgehead atoms. The Balaban J connectivity index is 2.73. The summed E-state index contributed by atoms with van der Waals surface area (Å²) in [4.78, 5) is 11.4. The van der Waals surface area contributed by atoms with Crippen molar-refractivity contribution < 1.29 is 9.53 Å². The van der Waals surface area contributed by atoms with Gasteiger partial charge in [0.25, 0.3) is 0 Å². The lowest BCUT2D eigenvalue weighted by Gasteiger charge is -2.32. The lowest BCUT2D eigenvalue weighted by atomic mass is 9.72. The molecule has 0 saturated heterocycles. The van der Waals surface area contributed by atoms with Crippen LogP contribution in [0.2, 0.25) is 0 Å². The van der Waals surface area contributed by atoms with Gasteiger partial charge in [0, 0.05) is 6.08 Å². The Morgan fingerprint density at radius 1 is 1.21 bits per heavy atom. The molecule has 1 aliphatic carbocycles. The number of hydrogen-bond donors (Lipinski definition) is 0. The van der Waals surface area contributed by atoms with Crippen molar-refractivity contribution in [1.29, 1.82) is 0 Å². The third-order valence-electron chi connectivity index (χ3n) is 4.41. The van der Waals surface area contributed by atoms with Crippen molar-refractivity contribution in [1.82, 2.24) is 0 Å². The summed E-state index contributed by atoms with van der Waals surface area (Å²) in [7, 11) is 0. The molecule has 0 N–H and O–H groups in total. The van der Waals surface area contributed by atoms with Gasteiger partial charge in [0.15, 0.2) is 0 Å². The first-order chi connectivity index (χ1) is 11.3. The van der Waals surface area contributed by atoms with Gasteiger partial charge in [-0.3, -0.25) is 0 Å². The Kier molecular flexibility index (Phi) is 7.97. The predicted molar refractivity (Wildman–Crippen MR) is 103 cm³/mol. The zero-order chi connectivity index (χ0) is 18.2. The Bertz CT molecular complexity index is 595. The van der Waals surface area contributed by atoms with E-state index in [0.29, 0.717) is 6.61 Å². The average molecular weight is 328 g/mol. The lowest BCUT2D eigenvalue weighted by molar-refractivity contribution is -0.137. The van der Waals surface area contributed by atoms with Crippen LogP contribution in [0.25, 0.3) is 0 Å². The summed E-state index contributed by atoms with van der Waals surface area (Å²) in [6.45, 7) is 13.1. The molecule has 0 saturated carbocycles. The van der Waals surface area contributed by atoms with Gasteiger partial charge in [-0.15, -0.1) is 0 Å². The van der Waals surface area contributed by atoms with Gasteiger partial charge in [0.05, 0.1) is 6.61 Å². The molecule has 0 unspecified atom stereocenters. The number of esters is 1. The van der Waals surface area contributed by atoms with E-state index in [1.54, 1.807) is 6.92 Å². The molecular formula is C22H32O2. The van der Waals surface area contributed by atoms with E-state index in [2.05, 4.69) is 45.9 Å². The summed E-state index contributed by atoms with van der Waals surface area (Å²) in [6, 6.07) is 0. The average Bonchev–Trinajstić information content (AvgIpc) is 2.46. The first-order valence-corrected chi connectivity index (χ1v) is 8.84. The van der Waals surface area contributed by atoms with Crippen LogP contribution >= 0.6 is 0 Å². The van der Waals surface area contributed by atoms with Crippen LogP contribution in [0.3, 0.4) is 0 Å². The zero-order valence-corrected chi connectivity index (χ0v) is 16.1. The predicted octanol–water partition coefficient (Wildman–Crippen LogP) is 6.08. The van der Waals surface area contributed by atoms with Crippen molar-refractivity contribution in [3.05, 3.63) is 58.7 Å². The first-order valence-electron chi connectivity index (χ1n) is 8.84. The van der Waals surface area contributed by atoms with Crippen molar-refractivity contribution in [2.75, 3.05) is 6.61 Å². The number of ether oxygens (including phenoxy) is 1. The molecule has 1 aliphatic rings. The molecular weight excluding hydrogens is 296 g/mol. The van der Waals surface area contributed by atoms with Gasteiger partial charge in [-0.25, -0.2) is 4.79 Å². The van der Waals surface area contributed by atoms with E-state index in [-0.39, 0.29) is 11.4 Å². The number of rotatable bonds is 6. The van der Waals surface area contributed by atoms with Gasteiger partial charge in [0.1, 0.15) is 0 Å². The van der Waals surface area contributed by atoms with Gasteiger partial charge < -0.3 is 4.74 Å². The van der Waals surface area contributed by atoms with E-state index < -0.39 is 0 Å². The first kappa shape index (κ1) is 20.2. The summed E-state index contributed by atoms with van der Waals surface area (Å²) in [5, 5.41) is 0. The van der Waals surface area contributed by atoms with Gasteiger partial charge in [-0.05, 0) is 63.5 Å². The molecule has 2 nitrogen and oxygen atoms in total. The second kappa shape index (κ2) is 9.46. The van der Waals surface area contributed by atoms with Gasteiger partial charge >= 0.3 is 5.97 Å². The minimum absolute atomic E-state index is 0.272. The van der Waals surface area contributed by atoms with E-state index >= 15 is 0 Å². The van der Waals surface area contributed by atoms with Crippen LogP contribution in [0.1, 0.15) is 60.8 Å². The minimum atomic E-state index is -0.290. The van der Waals surface area contributed by atoms with Crippen molar-refractivity contribution in [2.24, 2.45) is 5.41 Å². The maximum absolute atomic E-state index is 11.4. The number of carbonyl (C=O) groups is 1. The summed E-state index contributed by atoms with van der Waals surface area (Å²) in [6.07, 6.45) is 15.7. The fraction of sp³-hybridized carbons (Fsp3) is 0.500. The summed E-state index contributed by atoms with van der Waals surface area (Å²) >= 11 is 0. The summed E-state index contributed by atoms with van der Waals surface area (Å²) < 4.78 is 4.89. The van der Waals surface area contributed by atoms with Crippen LogP contribution in [-0.2, 0) is 9.53 Å². The number of carbonyl (C=O) groups excluding carboxylic acids is 1. The highest BCUT2D eigenvalue weighted by molar-refractivity contribution is 5.83. The fourth-order valence-electron chi connectivity index (χ4n) is 3.05. The highest BCUT2D eigenvalue weighted by atomic mass is 16.5. The van der Waals surface area contributed by atoms with Crippen molar-refractivity contribution in [3.8, 4) is 0 Å². The maximum Gasteiger partial charge on any atom is 0.330 e. The smallest absolute Gasteiger partial charge is 0.330 e. The second-order valence-electron chi connectivity index (χ2n) is 7.17. The molecule has 1 rings (SSSR count). The largest absolute Gasteiger partial charge is 0.463 e. The highest BCUT2D eigenvalue weighted by Gasteiger charge is 2.26. The maximum atomic E-state index is 11.4. The molecule has 0 amide bonds. The molecule has 0 radical (unpaired) electrons. The molecule has 132 valence electrons. The molecule has 0 spiro atoms. The third kappa shape index (κ3) is 6.74. The zero-order valence-electron chi connectivity index (χ0n) is 16.1. The molecule has 0 aliphatic heterocycles. The van der Waals surface area contributed by atoms with Crippen LogP contribution in [-0.4, -0.2) is 12.6 Å². The van der Waals surface area contributed by atoms with Crippen molar-refractivity contribution >= 4 is 5.97 Å². The Hall–Kier alpha value is -1.83. The van der Waals surface area contributed by atoms with Gasteiger partial charge in [-0.1, -0.05) is 55.4 Å². The molecule has 24 heavy (non-hydrogen) atoms. The summed E-state index contributed by atoms with van der Waals surface area (Å²) in [5.74, 6) is -0.290. The normalized spacial score (nSPS) is 19.4. The molecule has 0 heterocycles. The molecule has 0 atom stereocenters. The van der Waals surface area contributed by atoms with E-state index in [1.165, 1.54) is 42.1 Å². The topological polar surface area (TPSA) is 26.3 Å². The Labute approximate surface area is 147 Å². The van der Waals surface area contributed by atoms with Crippen LogP contribution in [0, 0.1) is 5.41 Å². The van der Waals surface area contributed by atoms with Gasteiger partial charge in [-0.2, -0.15) is 0 Å². The SMILES string of the molecule is CCOC(=O)/C=C(C)/C=C/C=C(C)/C=C\C1=C(C)CCCC1(C)C. The van der Waals surface area contributed by atoms with Crippen molar-refractivity contribution in [3.63, 3.8) is 0 Å². The second-order valence-corrected chi connectivity index (χ2v) is 7.17. The standard InChI is InChI=1S/C22H32O2/c1-7-24-21(23)16-18(3)11-8-10-17(2)13-14-20-19(4)12-9-15-22(20,5)6/h8,10-11,13-14,16H,7,9,12,15H2,1-6H3/b11-8+,14-13-,17-10+,18-16+. The molecule has 0 aromatic rings. The van der Waals surface area contributed by atoms with Crippen LogP contribution in [0.5, 0.6) is 0 Å². The quantitative estimate of drug-likeness (QED) is 0.335. The third-order valence-corrected chi connectivity index (χ3v) is 4.41. The fourth-order valence-corrected chi connectivity index (χ4v) is 3.05. The van der Waals surface area contributed by atoms with E-state index in [0.717, 1.165) is 5.57 Å². The Morgan fingerprint density at radius 3 is 2.54 bits per heavy atom. The highest BCUT2D eigenvalue weighted by Crippen LogP contribution is 2.40. The number of hydrogen-bond acceptors (Lipinski definition) is 2. The Morgan fingerprint density at radius 2 is 1.92 bits per heavy atom. The minimum Gasteiger partial charge on any atom is -0.463 e. The molecule has 2 heteroatoms. The van der Waals surface area contributed by atoms with Crippen molar-refractivity contribution in [2.45, 2.75) is 60.8 Å². The van der Waals surface area contributed by atoms with E-state index in [1.807, 2.05) is 19.1 Å². The molecule has 0 aromatic carbocycles. The lowest BCUT2D eigenvalue weighted by Crippen LogP contribution is -2.19. The van der Waals surface area contributed by atoms with Gasteiger partial charge in [0.2, 0.25) is 0 Å². The van der Waals surface area contributed by atoms with E-state index in [9.17, 15) is 4.79 Å².